The summed E-state index contributed by atoms with van der Waals surface area (Å²) in [7, 11) is 0. The molecule has 2 aromatic rings. The van der Waals surface area contributed by atoms with E-state index in [1.165, 1.54) is 28.6 Å². The monoisotopic (exact) mass is 333 g/mol. The van der Waals surface area contributed by atoms with E-state index in [1.54, 1.807) is 11.4 Å². The van der Waals surface area contributed by atoms with Gasteiger partial charge in [0.2, 0.25) is 0 Å². The van der Waals surface area contributed by atoms with Crippen molar-refractivity contribution >= 4 is 23.5 Å². The van der Waals surface area contributed by atoms with Crippen molar-refractivity contribution in [2.75, 3.05) is 0 Å². The van der Waals surface area contributed by atoms with Crippen molar-refractivity contribution in [3.05, 3.63) is 23.8 Å². The molecule has 2 aromatic heterocycles. The summed E-state index contributed by atoms with van der Waals surface area (Å²) in [5, 5.41) is 9.54. The van der Waals surface area contributed by atoms with Crippen LogP contribution >= 0.6 is 11.5 Å². The number of nitrogens with zero attached hydrogens (tertiary/aromatic N) is 4. The molecule has 0 radical (unpaired) electrons. The number of carbonyl (C=O) groups excluding carboxylic acids is 2. The number of carbonyl (C=O) groups is 2. The highest BCUT2D eigenvalue weighted by atomic mass is 32.1. The topological polar surface area (TPSA) is 85.9 Å². The number of aromatic nitrogens is 4. The van der Waals surface area contributed by atoms with E-state index in [9.17, 15) is 22.8 Å². The Morgan fingerprint density at radius 3 is 2.68 bits per heavy atom. The third-order valence-electron chi connectivity index (χ3n) is 2.41. The molecule has 0 saturated heterocycles. The molecule has 116 valence electrons. The summed E-state index contributed by atoms with van der Waals surface area (Å²) in [4.78, 5) is 21.6. The summed E-state index contributed by atoms with van der Waals surface area (Å²) in [5.74, 6) is -3.80. The van der Waals surface area contributed by atoms with Crippen molar-refractivity contribution < 1.29 is 32.2 Å². The molecule has 7 nitrogen and oxygen atoms in total. The largest absolute Gasteiger partial charge is 0.491 e. The molecule has 0 spiro atoms. The lowest BCUT2D eigenvalue weighted by molar-refractivity contribution is -0.752. The molecule has 0 aliphatic heterocycles. The van der Waals surface area contributed by atoms with Crippen molar-refractivity contribution in [1.82, 2.24) is 14.7 Å². The maximum absolute atomic E-state index is 11.9. The van der Waals surface area contributed by atoms with Crippen molar-refractivity contribution in [1.29, 1.82) is 0 Å². The lowest BCUT2D eigenvalue weighted by Gasteiger charge is -2.04. The summed E-state index contributed by atoms with van der Waals surface area (Å²) < 4.78 is 44.4. The van der Waals surface area contributed by atoms with E-state index in [1.807, 2.05) is 0 Å². The van der Waals surface area contributed by atoms with Gasteiger partial charge in [0.1, 0.15) is 18.3 Å². The molecule has 22 heavy (non-hydrogen) atoms. The molecule has 0 saturated carbocycles. The van der Waals surface area contributed by atoms with Crippen LogP contribution in [-0.4, -0.2) is 32.8 Å². The van der Waals surface area contributed by atoms with Crippen LogP contribution in [0.25, 0.3) is 11.3 Å². The van der Waals surface area contributed by atoms with E-state index >= 15 is 0 Å². The highest BCUT2D eigenvalue weighted by Gasteiger charge is 2.42. The first-order valence-electron chi connectivity index (χ1n) is 5.81. The molecule has 0 bridgehead atoms. The second kappa shape index (κ2) is 6.56. The first-order chi connectivity index (χ1) is 10.4. The predicted molar refractivity (Wildman–Crippen MR) is 65.1 cm³/mol. The van der Waals surface area contributed by atoms with Crippen molar-refractivity contribution in [2.24, 2.45) is 0 Å². The van der Waals surface area contributed by atoms with Gasteiger partial charge in [0.15, 0.2) is 12.7 Å². The van der Waals surface area contributed by atoms with Gasteiger partial charge in [-0.3, -0.25) is 4.79 Å². The van der Waals surface area contributed by atoms with Gasteiger partial charge in [-0.05, 0) is 16.6 Å². The zero-order valence-corrected chi connectivity index (χ0v) is 11.6. The number of alkyl halides is 3. The highest BCUT2D eigenvalue weighted by Crippen LogP contribution is 2.17. The van der Waals surface area contributed by atoms with Crippen LogP contribution in [-0.2, 0) is 20.9 Å². The number of hydrogen-bond donors (Lipinski definition) is 0. The zero-order chi connectivity index (χ0) is 16.2. The summed E-state index contributed by atoms with van der Waals surface area (Å²) in [6.07, 6.45) is -2.61. The molecule has 0 amide bonds. The normalized spacial score (nSPS) is 11.2. The highest BCUT2D eigenvalue weighted by molar-refractivity contribution is 7.03. The molecule has 0 fully saturated rings. The van der Waals surface area contributed by atoms with Gasteiger partial charge in [-0.1, -0.05) is 9.17 Å². The summed E-state index contributed by atoms with van der Waals surface area (Å²) in [6.45, 7) is -0.0282. The summed E-state index contributed by atoms with van der Waals surface area (Å²) in [6, 6.07) is 1.66. The fourth-order valence-corrected chi connectivity index (χ4v) is 1.84. The Bertz CT molecular complexity index is 658. The Morgan fingerprint density at radius 1 is 1.36 bits per heavy atom. The lowest BCUT2D eigenvalue weighted by atomic mass is 10.2. The smallest absolute Gasteiger partial charge is 0.386 e. The lowest BCUT2D eigenvalue weighted by Crippen LogP contribution is -2.39. The fourth-order valence-electron chi connectivity index (χ4n) is 1.38. The van der Waals surface area contributed by atoms with Gasteiger partial charge in [-0.15, -0.1) is 5.10 Å². The SMILES string of the molecule is O=C(CC[n+]1ccc(-c2csnn2)cn1)OC(=O)C(F)(F)F. The summed E-state index contributed by atoms with van der Waals surface area (Å²) >= 11 is 1.18. The van der Waals surface area contributed by atoms with Gasteiger partial charge in [0.25, 0.3) is 0 Å². The average molecular weight is 333 g/mol. The van der Waals surface area contributed by atoms with Crippen LogP contribution in [0.2, 0.25) is 0 Å². The van der Waals surface area contributed by atoms with Gasteiger partial charge >= 0.3 is 18.1 Å². The van der Waals surface area contributed by atoms with Crippen molar-refractivity contribution in [3.8, 4) is 11.3 Å². The van der Waals surface area contributed by atoms with E-state index < -0.39 is 24.5 Å². The summed E-state index contributed by atoms with van der Waals surface area (Å²) in [5.41, 5.74) is 1.35. The Kier molecular flexibility index (Phi) is 4.75. The minimum atomic E-state index is -5.19. The molecule has 0 N–H and O–H groups in total. The Morgan fingerprint density at radius 2 is 2.14 bits per heavy atom. The molecule has 0 aliphatic carbocycles. The van der Waals surface area contributed by atoms with E-state index in [0.29, 0.717) is 11.3 Å². The maximum Gasteiger partial charge on any atom is 0.491 e. The van der Waals surface area contributed by atoms with Gasteiger partial charge in [-0.2, -0.15) is 13.2 Å². The predicted octanol–water partition coefficient (Wildman–Crippen LogP) is 0.910. The molecule has 2 rings (SSSR count). The van der Waals surface area contributed by atoms with E-state index in [2.05, 4.69) is 19.4 Å². The quantitative estimate of drug-likeness (QED) is 0.470. The molecular formula is C11H8F3N4O3S+. The van der Waals surface area contributed by atoms with E-state index in [0.717, 1.165) is 0 Å². The molecule has 11 heteroatoms. The van der Waals surface area contributed by atoms with Crippen LogP contribution in [0.1, 0.15) is 6.42 Å². The molecule has 0 aliphatic rings. The molecule has 0 unspecified atom stereocenters. The standard InChI is InChI=1S/C11H8F3N4O3S/c12-11(13,14)10(20)21-9(19)2-4-18-3-1-7(5-15-18)8-6-22-17-16-8/h1,3,5-6H,2,4H2/q+1. The number of aryl methyl sites for hydroxylation is 1. The Hall–Kier alpha value is -2.43. The Balaban J connectivity index is 1.87. The minimum absolute atomic E-state index is 0.0282. The molecular weight excluding hydrogens is 325 g/mol. The third-order valence-corrected chi connectivity index (χ3v) is 2.91. The third kappa shape index (κ3) is 4.28. The van der Waals surface area contributed by atoms with Crippen LogP contribution in [0.15, 0.2) is 23.8 Å². The van der Waals surface area contributed by atoms with E-state index in [4.69, 9.17) is 0 Å². The van der Waals surface area contributed by atoms with Crippen LogP contribution in [0.4, 0.5) is 13.2 Å². The molecule has 0 aromatic carbocycles. The van der Waals surface area contributed by atoms with Gasteiger partial charge in [0, 0.05) is 17.0 Å². The maximum atomic E-state index is 11.9. The van der Waals surface area contributed by atoms with Gasteiger partial charge < -0.3 is 4.74 Å². The zero-order valence-electron chi connectivity index (χ0n) is 10.8. The first kappa shape index (κ1) is 15.9. The van der Waals surface area contributed by atoms with Crippen LogP contribution < -0.4 is 4.68 Å². The average Bonchev–Trinajstić information content (AvgIpc) is 2.99. The Labute approximate surface area is 125 Å². The number of hydrogen-bond acceptors (Lipinski definition) is 7. The van der Waals surface area contributed by atoms with Crippen molar-refractivity contribution in [2.45, 2.75) is 19.1 Å². The van der Waals surface area contributed by atoms with Crippen molar-refractivity contribution in [3.63, 3.8) is 0 Å². The van der Waals surface area contributed by atoms with Crippen LogP contribution in [0.5, 0.6) is 0 Å². The number of ether oxygens (including phenoxy) is 1. The second-order valence-electron chi connectivity index (χ2n) is 3.98. The fraction of sp³-hybridized carbons (Fsp3) is 0.273. The van der Waals surface area contributed by atoms with Crippen LogP contribution in [0, 0.1) is 0 Å². The van der Waals surface area contributed by atoms with E-state index in [-0.39, 0.29) is 6.54 Å². The number of rotatable bonds is 4. The second-order valence-corrected chi connectivity index (χ2v) is 4.59. The van der Waals surface area contributed by atoms with Crippen LogP contribution in [0.3, 0.4) is 0 Å². The molecule has 0 atom stereocenters. The van der Waals surface area contributed by atoms with Gasteiger partial charge in [-0.25, -0.2) is 4.79 Å². The number of esters is 2. The molecule has 2 heterocycles. The number of halogens is 3. The van der Waals surface area contributed by atoms with Gasteiger partial charge in [0.05, 0.1) is 0 Å². The first-order valence-corrected chi connectivity index (χ1v) is 6.65. The minimum Gasteiger partial charge on any atom is -0.386 e.